The maximum atomic E-state index is 12.7. The summed E-state index contributed by atoms with van der Waals surface area (Å²) in [5.41, 5.74) is 0.816. The average molecular weight is 683 g/mol. The van der Waals surface area contributed by atoms with Gasteiger partial charge in [0.2, 0.25) is 0 Å². The van der Waals surface area contributed by atoms with Gasteiger partial charge in [0.1, 0.15) is 11.9 Å². The number of carbonyl (C=O) groups is 5. The first-order valence-electron chi connectivity index (χ1n) is 14.9. The topological polar surface area (TPSA) is 165 Å². The lowest BCUT2D eigenvalue weighted by atomic mass is 9.97. The largest absolute Gasteiger partial charge is 0.494 e. The van der Waals surface area contributed by atoms with Crippen LogP contribution in [0.5, 0.6) is 5.75 Å². The molecule has 262 valence electrons. The molecular formula is C32H37F3N2O11. The molecular weight excluding hydrogens is 645 g/mol. The van der Waals surface area contributed by atoms with E-state index in [1.54, 1.807) is 47.8 Å². The number of alkyl halides is 3. The maximum Gasteiger partial charge on any atom is 0.471 e. The fourth-order valence-corrected chi connectivity index (χ4v) is 4.62. The quantitative estimate of drug-likeness (QED) is 0.161. The third kappa shape index (κ3) is 12.2. The SMILES string of the molecule is CC(=O)O[C@@H]1[C@H](OC(C)=O)[C@@H](OC(C)=O)C(OCCCCOc2ccc(CNC(=O)C(F)(F)F)cc2)O[C@@H]1CNC(=O)c1ccccc1. The van der Waals surface area contributed by atoms with Crippen LogP contribution in [0, 0.1) is 0 Å². The van der Waals surface area contributed by atoms with Crippen molar-refractivity contribution >= 4 is 29.7 Å². The van der Waals surface area contributed by atoms with Gasteiger partial charge in [0.05, 0.1) is 13.2 Å². The van der Waals surface area contributed by atoms with Crippen molar-refractivity contribution in [1.82, 2.24) is 10.6 Å². The Morgan fingerprint density at radius 2 is 1.33 bits per heavy atom. The Morgan fingerprint density at radius 3 is 1.94 bits per heavy atom. The third-order valence-corrected chi connectivity index (χ3v) is 6.72. The molecule has 2 aromatic rings. The molecule has 0 bridgehead atoms. The number of halogens is 3. The summed E-state index contributed by atoms with van der Waals surface area (Å²) < 4.78 is 71.0. The highest BCUT2D eigenvalue weighted by Gasteiger charge is 2.52. The molecule has 0 aromatic heterocycles. The van der Waals surface area contributed by atoms with Crippen molar-refractivity contribution in [2.24, 2.45) is 0 Å². The molecule has 48 heavy (non-hydrogen) atoms. The van der Waals surface area contributed by atoms with E-state index in [-0.39, 0.29) is 26.3 Å². The molecule has 5 atom stereocenters. The summed E-state index contributed by atoms with van der Waals surface area (Å²) in [4.78, 5) is 59.8. The van der Waals surface area contributed by atoms with E-state index in [2.05, 4.69) is 5.32 Å². The predicted octanol–water partition coefficient (Wildman–Crippen LogP) is 2.99. The molecule has 0 aliphatic carbocycles. The number of hydrogen-bond acceptors (Lipinski definition) is 11. The van der Waals surface area contributed by atoms with Crippen LogP contribution < -0.4 is 15.4 Å². The summed E-state index contributed by atoms with van der Waals surface area (Å²) in [6.45, 7) is 3.24. The summed E-state index contributed by atoms with van der Waals surface area (Å²) in [6.07, 6.45) is -10.3. The molecule has 2 aromatic carbocycles. The van der Waals surface area contributed by atoms with Gasteiger partial charge in [-0.25, -0.2) is 0 Å². The van der Waals surface area contributed by atoms with Gasteiger partial charge in [0.25, 0.3) is 5.91 Å². The van der Waals surface area contributed by atoms with Crippen LogP contribution in [0.15, 0.2) is 54.6 Å². The van der Waals surface area contributed by atoms with Gasteiger partial charge in [-0.2, -0.15) is 13.2 Å². The van der Waals surface area contributed by atoms with Crippen LogP contribution in [-0.2, 0) is 49.4 Å². The lowest BCUT2D eigenvalue weighted by Gasteiger charge is -2.44. The zero-order valence-electron chi connectivity index (χ0n) is 26.5. The highest BCUT2D eigenvalue weighted by Crippen LogP contribution is 2.30. The van der Waals surface area contributed by atoms with Crippen molar-refractivity contribution in [2.45, 2.75) is 77.0 Å². The van der Waals surface area contributed by atoms with Gasteiger partial charge in [0, 0.05) is 39.4 Å². The van der Waals surface area contributed by atoms with Crippen LogP contribution in [-0.4, -0.2) is 86.4 Å². The summed E-state index contributed by atoms with van der Waals surface area (Å²) in [5, 5.41) is 4.49. The number of hydrogen-bond donors (Lipinski definition) is 2. The Kier molecular flexibility index (Phi) is 14.2. The second-order valence-corrected chi connectivity index (χ2v) is 10.6. The molecule has 0 spiro atoms. The third-order valence-electron chi connectivity index (χ3n) is 6.72. The highest BCUT2D eigenvalue weighted by molar-refractivity contribution is 5.94. The fraction of sp³-hybridized carbons (Fsp3) is 0.469. The molecule has 16 heteroatoms. The van der Waals surface area contributed by atoms with Gasteiger partial charge in [-0.05, 0) is 42.7 Å². The fourth-order valence-electron chi connectivity index (χ4n) is 4.62. The van der Waals surface area contributed by atoms with Gasteiger partial charge < -0.3 is 39.1 Å². The number of esters is 3. The van der Waals surface area contributed by atoms with Crippen molar-refractivity contribution in [2.75, 3.05) is 19.8 Å². The van der Waals surface area contributed by atoms with Gasteiger partial charge in [0.15, 0.2) is 24.6 Å². The Hall–Kier alpha value is -4.70. The molecule has 1 aliphatic rings. The second-order valence-electron chi connectivity index (χ2n) is 10.6. The van der Waals surface area contributed by atoms with Crippen molar-refractivity contribution in [1.29, 1.82) is 0 Å². The molecule has 2 N–H and O–H groups in total. The van der Waals surface area contributed by atoms with E-state index in [9.17, 15) is 37.1 Å². The van der Waals surface area contributed by atoms with E-state index in [4.69, 9.17) is 28.4 Å². The molecule has 1 unspecified atom stereocenters. The zero-order valence-corrected chi connectivity index (χ0v) is 26.5. The number of carbonyl (C=O) groups excluding carboxylic acids is 5. The number of unbranched alkanes of at least 4 members (excludes halogenated alkanes) is 1. The Morgan fingerprint density at radius 1 is 0.750 bits per heavy atom. The summed E-state index contributed by atoms with van der Waals surface area (Å²) in [6, 6.07) is 14.5. The molecule has 1 heterocycles. The number of nitrogens with one attached hydrogen (secondary N) is 2. The van der Waals surface area contributed by atoms with Crippen LogP contribution in [0.25, 0.3) is 0 Å². The van der Waals surface area contributed by atoms with E-state index in [1.165, 1.54) is 12.1 Å². The Bertz CT molecular complexity index is 1390. The molecule has 2 amide bonds. The van der Waals surface area contributed by atoms with E-state index in [0.29, 0.717) is 29.7 Å². The normalized spacial score (nSPS) is 20.6. The molecule has 13 nitrogen and oxygen atoms in total. The number of amides is 2. The van der Waals surface area contributed by atoms with Crippen LogP contribution in [0.1, 0.15) is 49.5 Å². The van der Waals surface area contributed by atoms with Crippen molar-refractivity contribution < 1.29 is 65.6 Å². The maximum absolute atomic E-state index is 12.7. The standard InChI is InChI=1S/C32H37F3N2O11/c1-19(38)45-26-25(18-36-29(41)23-9-5-4-6-10-23)48-30(28(47-21(3)40)27(26)46-20(2)39)44-16-8-7-15-43-24-13-11-22(12-14-24)17-37-31(42)32(33,34)35/h4-6,9-14,25-28,30H,7-8,15-18H2,1-3H3,(H,36,41)(H,37,42)/t25-,26+,27+,28-,30?/m1/s1. The molecule has 0 saturated carbocycles. The van der Waals surface area contributed by atoms with Gasteiger partial charge in [-0.1, -0.05) is 30.3 Å². The molecule has 1 saturated heterocycles. The average Bonchev–Trinajstić information content (AvgIpc) is 3.02. The van der Waals surface area contributed by atoms with Crippen molar-refractivity contribution in [3.8, 4) is 5.75 Å². The van der Waals surface area contributed by atoms with Crippen LogP contribution >= 0.6 is 0 Å². The predicted molar refractivity (Wildman–Crippen MR) is 159 cm³/mol. The lowest BCUT2D eigenvalue weighted by Crippen LogP contribution is -2.63. The van der Waals surface area contributed by atoms with E-state index in [0.717, 1.165) is 20.8 Å². The summed E-state index contributed by atoms with van der Waals surface area (Å²) in [7, 11) is 0. The van der Waals surface area contributed by atoms with Crippen LogP contribution in [0.3, 0.4) is 0 Å². The first-order chi connectivity index (χ1) is 22.7. The minimum Gasteiger partial charge on any atom is -0.494 e. The Balaban J connectivity index is 1.60. The zero-order chi connectivity index (χ0) is 35.3. The lowest BCUT2D eigenvalue weighted by molar-refractivity contribution is -0.302. The smallest absolute Gasteiger partial charge is 0.471 e. The number of rotatable bonds is 15. The molecule has 1 aliphatic heterocycles. The minimum absolute atomic E-state index is 0.0672. The van der Waals surface area contributed by atoms with Crippen LogP contribution in [0.2, 0.25) is 0 Å². The molecule has 0 radical (unpaired) electrons. The minimum atomic E-state index is -4.96. The van der Waals surface area contributed by atoms with E-state index >= 15 is 0 Å². The summed E-state index contributed by atoms with van der Waals surface area (Å²) >= 11 is 0. The van der Waals surface area contributed by atoms with Crippen molar-refractivity contribution in [3.63, 3.8) is 0 Å². The second kappa shape index (κ2) is 18.0. The Labute approximate surface area is 274 Å². The van der Waals surface area contributed by atoms with Gasteiger partial charge >= 0.3 is 30.0 Å². The first kappa shape index (κ1) is 37.8. The molecule has 1 fully saturated rings. The van der Waals surface area contributed by atoms with Crippen molar-refractivity contribution in [3.05, 3.63) is 65.7 Å². The molecule has 3 rings (SSSR count). The van der Waals surface area contributed by atoms with E-state index < -0.39 is 66.6 Å². The number of ether oxygens (including phenoxy) is 6. The van der Waals surface area contributed by atoms with E-state index in [1.807, 2.05) is 0 Å². The highest BCUT2D eigenvalue weighted by atomic mass is 19.4. The monoisotopic (exact) mass is 682 g/mol. The number of benzene rings is 2. The summed E-state index contributed by atoms with van der Waals surface area (Å²) in [5.74, 6) is -4.24. The van der Waals surface area contributed by atoms with Gasteiger partial charge in [-0.3, -0.25) is 24.0 Å². The van der Waals surface area contributed by atoms with Gasteiger partial charge in [-0.15, -0.1) is 0 Å². The first-order valence-corrected chi connectivity index (χ1v) is 14.9. The van der Waals surface area contributed by atoms with Crippen LogP contribution in [0.4, 0.5) is 13.2 Å².